The van der Waals surface area contributed by atoms with Crippen LogP contribution in [0, 0.1) is 0 Å². The van der Waals surface area contributed by atoms with Gasteiger partial charge in [-0.1, -0.05) is 6.07 Å². The highest BCUT2D eigenvalue weighted by Crippen LogP contribution is 2.27. The molecule has 0 spiro atoms. The Morgan fingerprint density at radius 1 is 1.38 bits per heavy atom. The minimum atomic E-state index is 0.209. The van der Waals surface area contributed by atoms with Crippen molar-refractivity contribution in [3.8, 4) is 11.5 Å². The second-order valence-corrected chi connectivity index (χ2v) is 5.12. The fourth-order valence-corrected chi connectivity index (χ4v) is 2.82. The van der Waals surface area contributed by atoms with Crippen molar-refractivity contribution in [2.75, 3.05) is 31.7 Å². The van der Waals surface area contributed by atoms with E-state index in [1.165, 1.54) is 17.1 Å². The van der Waals surface area contributed by atoms with Gasteiger partial charge in [0.1, 0.15) is 0 Å². The molecule has 3 nitrogen and oxygen atoms in total. The van der Waals surface area contributed by atoms with Gasteiger partial charge < -0.3 is 9.84 Å². The third-order valence-corrected chi connectivity index (χ3v) is 3.70. The number of thioether (sulfide) groups is 1. The predicted molar refractivity (Wildman–Crippen MR) is 67.3 cm³/mol. The monoisotopic (exact) mass is 239 g/mol. The Hall–Kier alpha value is -0.870. The minimum absolute atomic E-state index is 0.209. The number of hydrogen-bond acceptors (Lipinski definition) is 4. The standard InChI is InChI=1S/C12H17NO2S/c1-15-12-8-10(2-3-11(12)14)9-13-4-6-16-7-5-13/h2-3,8,14H,4-7,9H2,1H3. The van der Waals surface area contributed by atoms with Gasteiger partial charge in [0.2, 0.25) is 0 Å². The quantitative estimate of drug-likeness (QED) is 0.874. The first-order chi connectivity index (χ1) is 7.79. The largest absolute Gasteiger partial charge is 0.504 e. The van der Waals surface area contributed by atoms with Gasteiger partial charge in [-0.05, 0) is 17.7 Å². The lowest BCUT2D eigenvalue weighted by molar-refractivity contribution is 0.293. The molecule has 0 bridgehead atoms. The third kappa shape index (κ3) is 2.83. The van der Waals surface area contributed by atoms with Crippen LogP contribution in [0.25, 0.3) is 0 Å². The maximum absolute atomic E-state index is 9.50. The summed E-state index contributed by atoms with van der Waals surface area (Å²) in [5, 5.41) is 9.50. The lowest BCUT2D eigenvalue weighted by atomic mass is 10.2. The highest BCUT2D eigenvalue weighted by molar-refractivity contribution is 7.99. The summed E-state index contributed by atoms with van der Waals surface area (Å²) in [6, 6.07) is 5.57. The normalized spacial score (nSPS) is 17.3. The molecule has 16 heavy (non-hydrogen) atoms. The van der Waals surface area contributed by atoms with Crippen molar-refractivity contribution in [3.05, 3.63) is 23.8 Å². The van der Waals surface area contributed by atoms with Crippen LogP contribution in [0.2, 0.25) is 0 Å². The van der Waals surface area contributed by atoms with Gasteiger partial charge in [-0.25, -0.2) is 0 Å². The van der Waals surface area contributed by atoms with Crippen LogP contribution in [-0.4, -0.2) is 41.7 Å². The Kier molecular flexibility index (Phi) is 3.96. The molecule has 1 aliphatic rings. The molecule has 0 aromatic heterocycles. The van der Waals surface area contributed by atoms with Crippen LogP contribution in [0.5, 0.6) is 11.5 Å². The van der Waals surface area contributed by atoms with Crippen LogP contribution in [0.15, 0.2) is 18.2 Å². The van der Waals surface area contributed by atoms with Crippen LogP contribution in [0.3, 0.4) is 0 Å². The summed E-state index contributed by atoms with van der Waals surface area (Å²) >= 11 is 2.01. The molecule has 0 atom stereocenters. The molecule has 0 radical (unpaired) electrons. The average Bonchev–Trinajstić information content (AvgIpc) is 2.33. The van der Waals surface area contributed by atoms with Crippen molar-refractivity contribution in [1.82, 2.24) is 4.90 Å². The van der Waals surface area contributed by atoms with Gasteiger partial charge in [0.05, 0.1) is 7.11 Å². The van der Waals surface area contributed by atoms with Gasteiger partial charge >= 0.3 is 0 Å². The van der Waals surface area contributed by atoms with Crippen molar-refractivity contribution in [2.24, 2.45) is 0 Å². The molecule has 1 aliphatic heterocycles. The van der Waals surface area contributed by atoms with E-state index in [1.807, 2.05) is 23.9 Å². The maximum atomic E-state index is 9.50. The van der Waals surface area contributed by atoms with E-state index in [2.05, 4.69) is 4.90 Å². The van der Waals surface area contributed by atoms with Crippen molar-refractivity contribution in [3.63, 3.8) is 0 Å². The summed E-state index contributed by atoms with van der Waals surface area (Å²) in [6.45, 7) is 3.24. The molecule has 1 aromatic carbocycles. The Morgan fingerprint density at radius 3 is 2.81 bits per heavy atom. The number of phenols is 1. The first-order valence-electron chi connectivity index (χ1n) is 5.45. The van der Waals surface area contributed by atoms with Crippen LogP contribution >= 0.6 is 11.8 Å². The topological polar surface area (TPSA) is 32.7 Å². The van der Waals surface area contributed by atoms with E-state index in [0.717, 1.165) is 19.6 Å². The van der Waals surface area contributed by atoms with E-state index in [-0.39, 0.29) is 5.75 Å². The van der Waals surface area contributed by atoms with E-state index in [4.69, 9.17) is 4.74 Å². The Labute approximate surface area is 100 Å². The number of ether oxygens (including phenoxy) is 1. The summed E-state index contributed by atoms with van der Waals surface area (Å²) in [5.74, 6) is 3.20. The number of nitrogens with zero attached hydrogens (tertiary/aromatic N) is 1. The number of benzene rings is 1. The zero-order valence-corrected chi connectivity index (χ0v) is 10.3. The van der Waals surface area contributed by atoms with Gasteiger partial charge in [0, 0.05) is 31.1 Å². The lowest BCUT2D eigenvalue weighted by Gasteiger charge is -2.26. The zero-order valence-electron chi connectivity index (χ0n) is 9.48. The van der Waals surface area contributed by atoms with E-state index in [9.17, 15) is 5.11 Å². The lowest BCUT2D eigenvalue weighted by Crippen LogP contribution is -2.31. The number of aromatic hydroxyl groups is 1. The Balaban J connectivity index is 2.03. The summed E-state index contributed by atoms with van der Waals surface area (Å²) in [5.41, 5.74) is 1.20. The summed E-state index contributed by atoms with van der Waals surface area (Å²) in [4.78, 5) is 2.43. The minimum Gasteiger partial charge on any atom is -0.504 e. The summed E-state index contributed by atoms with van der Waals surface area (Å²) < 4.78 is 5.10. The molecule has 1 fully saturated rings. The van der Waals surface area contributed by atoms with E-state index in [1.54, 1.807) is 13.2 Å². The van der Waals surface area contributed by atoms with Crippen molar-refractivity contribution in [1.29, 1.82) is 0 Å². The first kappa shape index (κ1) is 11.6. The molecule has 1 heterocycles. The molecule has 2 rings (SSSR count). The molecular formula is C12H17NO2S. The Morgan fingerprint density at radius 2 is 2.12 bits per heavy atom. The van der Waals surface area contributed by atoms with Crippen LogP contribution < -0.4 is 4.74 Å². The third-order valence-electron chi connectivity index (χ3n) is 2.75. The van der Waals surface area contributed by atoms with E-state index in [0.29, 0.717) is 5.75 Å². The van der Waals surface area contributed by atoms with Crippen molar-refractivity contribution < 1.29 is 9.84 Å². The number of hydrogen-bond donors (Lipinski definition) is 1. The van der Waals surface area contributed by atoms with Gasteiger partial charge in [-0.3, -0.25) is 4.90 Å². The molecule has 0 saturated carbocycles. The second kappa shape index (κ2) is 5.46. The van der Waals surface area contributed by atoms with Gasteiger partial charge in [-0.2, -0.15) is 11.8 Å². The first-order valence-corrected chi connectivity index (χ1v) is 6.61. The molecular weight excluding hydrogens is 222 g/mol. The predicted octanol–water partition coefficient (Wildman–Crippen LogP) is 1.95. The van der Waals surface area contributed by atoms with E-state index >= 15 is 0 Å². The Bertz CT molecular complexity index is 351. The van der Waals surface area contributed by atoms with Crippen molar-refractivity contribution >= 4 is 11.8 Å². The number of phenolic OH excluding ortho intramolecular Hbond substituents is 1. The molecule has 0 amide bonds. The van der Waals surface area contributed by atoms with Gasteiger partial charge in [0.15, 0.2) is 11.5 Å². The average molecular weight is 239 g/mol. The SMILES string of the molecule is COc1cc(CN2CCSCC2)ccc1O. The molecule has 4 heteroatoms. The highest BCUT2D eigenvalue weighted by atomic mass is 32.2. The molecule has 0 unspecified atom stereocenters. The second-order valence-electron chi connectivity index (χ2n) is 3.89. The van der Waals surface area contributed by atoms with Gasteiger partial charge in [-0.15, -0.1) is 0 Å². The fraction of sp³-hybridized carbons (Fsp3) is 0.500. The van der Waals surface area contributed by atoms with Crippen LogP contribution in [0.1, 0.15) is 5.56 Å². The molecule has 1 saturated heterocycles. The van der Waals surface area contributed by atoms with Crippen LogP contribution in [0.4, 0.5) is 0 Å². The zero-order chi connectivity index (χ0) is 11.4. The summed E-state index contributed by atoms with van der Waals surface area (Å²) in [7, 11) is 1.58. The van der Waals surface area contributed by atoms with Gasteiger partial charge in [0.25, 0.3) is 0 Å². The molecule has 88 valence electrons. The molecule has 1 aromatic rings. The molecule has 1 N–H and O–H groups in total. The van der Waals surface area contributed by atoms with Crippen molar-refractivity contribution in [2.45, 2.75) is 6.54 Å². The molecule has 0 aliphatic carbocycles. The number of rotatable bonds is 3. The van der Waals surface area contributed by atoms with Crippen LogP contribution in [-0.2, 0) is 6.54 Å². The number of methoxy groups -OCH3 is 1. The highest BCUT2D eigenvalue weighted by Gasteiger charge is 2.11. The fourth-order valence-electron chi connectivity index (χ4n) is 1.84. The maximum Gasteiger partial charge on any atom is 0.160 e. The smallest absolute Gasteiger partial charge is 0.160 e. The summed E-state index contributed by atoms with van der Waals surface area (Å²) in [6.07, 6.45) is 0. The van der Waals surface area contributed by atoms with E-state index < -0.39 is 0 Å².